The molecule has 0 aromatic rings. The van der Waals surface area contributed by atoms with Crippen LogP contribution in [0.2, 0.25) is 0 Å². The minimum Gasteiger partial charge on any atom is -0.304 e. The summed E-state index contributed by atoms with van der Waals surface area (Å²) in [6.45, 7) is 10.5. The molecule has 0 spiro atoms. The van der Waals surface area contributed by atoms with Crippen LogP contribution in [0.3, 0.4) is 0 Å². The maximum absolute atomic E-state index is 2.54. The van der Waals surface area contributed by atoms with Crippen LogP contribution in [0.25, 0.3) is 0 Å². The molecular weight excluding hydrogens is 278 g/mol. The predicted molar refractivity (Wildman–Crippen MR) is 107 cm³/mol. The third kappa shape index (κ3) is 17.9. The lowest BCUT2D eigenvalue weighted by Gasteiger charge is -2.17. The first kappa shape index (κ1) is 22.7. The van der Waals surface area contributed by atoms with E-state index in [9.17, 15) is 0 Å². The van der Waals surface area contributed by atoms with Crippen molar-refractivity contribution < 1.29 is 0 Å². The van der Waals surface area contributed by atoms with E-state index >= 15 is 0 Å². The largest absolute Gasteiger partial charge is 0.304 e. The van der Waals surface area contributed by atoms with Crippen molar-refractivity contribution in [3.63, 3.8) is 0 Å². The zero-order chi connectivity index (χ0) is 17.0. The molecule has 0 saturated carbocycles. The number of allylic oxidation sites excluding steroid dienone is 2. The van der Waals surface area contributed by atoms with E-state index in [1.165, 1.54) is 110 Å². The smallest absolute Gasteiger partial charge is 0.00190 e. The van der Waals surface area contributed by atoms with Crippen LogP contribution in [0.1, 0.15) is 111 Å². The topological polar surface area (TPSA) is 3.24 Å². The molecule has 0 aliphatic carbocycles. The van der Waals surface area contributed by atoms with Gasteiger partial charge in [0.2, 0.25) is 0 Å². The van der Waals surface area contributed by atoms with Gasteiger partial charge in [0.05, 0.1) is 0 Å². The summed E-state index contributed by atoms with van der Waals surface area (Å²) in [6, 6.07) is 0. The lowest BCUT2D eigenvalue weighted by atomic mass is 10.1. The van der Waals surface area contributed by atoms with Gasteiger partial charge in [-0.15, -0.1) is 0 Å². The Labute approximate surface area is 147 Å². The molecular formula is C22H45N. The van der Waals surface area contributed by atoms with Crippen molar-refractivity contribution in [3.05, 3.63) is 12.2 Å². The molecule has 0 aliphatic heterocycles. The monoisotopic (exact) mass is 323 g/mol. The first-order valence-electron chi connectivity index (χ1n) is 10.7. The van der Waals surface area contributed by atoms with Gasteiger partial charge in [-0.2, -0.15) is 0 Å². The molecule has 0 saturated heterocycles. The molecule has 0 atom stereocenters. The molecule has 0 rings (SSSR count). The van der Waals surface area contributed by atoms with Gasteiger partial charge >= 0.3 is 0 Å². The fourth-order valence-corrected chi connectivity index (χ4v) is 3.12. The molecule has 23 heavy (non-hydrogen) atoms. The fourth-order valence-electron chi connectivity index (χ4n) is 3.12. The van der Waals surface area contributed by atoms with E-state index in [0.29, 0.717) is 0 Å². The first-order valence-corrected chi connectivity index (χ1v) is 10.7. The molecule has 0 aromatic heterocycles. The van der Waals surface area contributed by atoms with Gasteiger partial charge in [0.25, 0.3) is 0 Å². The molecule has 1 heteroatoms. The van der Waals surface area contributed by atoms with Crippen LogP contribution in [-0.4, -0.2) is 24.5 Å². The second-order valence-corrected chi connectivity index (χ2v) is 6.96. The number of unbranched alkanes of at least 4 members (excludes halogenated alkanes) is 12. The third-order valence-corrected chi connectivity index (χ3v) is 4.88. The molecule has 0 unspecified atom stereocenters. The summed E-state index contributed by atoms with van der Waals surface area (Å²) in [5.41, 5.74) is 0. The number of hydrogen-bond acceptors (Lipinski definition) is 1. The standard InChI is InChI=1S/C22H45N/c1-4-7-8-9-10-11-12-13-14-15-16-17-18-19-20-21-22-23(5-2)6-3/h13-14H,4-12,15-22H2,1-3H3/b14-13+. The molecule has 0 N–H and O–H groups in total. The van der Waals surface area contributed by atoms with Gasteiger partial charge in [-0.3, -0.25) is 0 Å². The van der Waals surface area contributed by atoms with Gasteiger partial charge < -0.3 is 4.90 Å². The Bertz CT molecular complexity index is 230. The SMILES string of the molecule is CCCCCCCC/C=C/CCCCCCCCN(CC)CC. The summed E-state index contributed by atoms with van der Waals surface area (Å²) < 4.78 is 0. The van der Waals surface area contributed by atoms with E-state index in [1.54, 1.807) is 0 Å². The van der Waals surface area contributed by atoms with Crippen LogP contribution >= 0.6 is 0 Å². The highest BCUT2D eigenvalue weighted by molar-refractivity contribution is 4.81. The Morgan fingerprint density at radius 2 is 0.957 bits per heavy atom. The van der Waals surface area contributed by atoms with Gasteiger partial charge in [-0.1, -0.05) is 90.7 Å². The van der Waals surface area contributed by atoms with Gasteiger partial charge in [0.1, 0.15) is 0 Å². The van der Waals surface area contributed by atoms with Crippen LogP contribution < -0.4 is 0 Å². The molecule has 0 aliphatic rings. The molecule has 0 radical (unpaired) electrons. The van der Waals surface area contributed by atoms with Crippen LogP contribution in [0, 0.1) is 0 Å². The molecule has 0 aromatic carbocycles. The summed E-state index contributed by atoms with van der Waals surface area (Å²) in [7, 11) is 0. The van der Waals surface area contributed by atoms with Crippen LogP contribution in [0.15, 0.2) is 12.2 Å². The molecule has 138 valence electrons. The second-order valence-electron chi connectivity index (χ2n) is 6.96. The number of rotatable bonds is 18. The summed E-state index contributed by atoms with van der Waals surface area (Å²) in [5.74, 6) is 0. The molecule has 0 fully saturated rings. The summed E-state index contributed by atoms with van der Waals surface area (Å²) in [5, 5.41) is 0. The number of nitrogens with zero attached hydrogens (tertiary/aromatic N) is 1. The van der Waals surface area contributed by atoms with Gasteiger partial charge in [0.15, 0.2) is 0 Å². The van der Waals surface area contributed by atoms with Crippen molar-refractivity contribution in [2.75, 3.05) is 19.6 Å². The predicted octanol–water partition coefficient (Wildman–Crippen LogP) is 7.37. The Morgan fingerprint density at radius 1 is 0.522 bits per heavy atom. The van der Waals surface area contributed by atoms with Gasteiger partial charge in [-0.05, 0) is 51.7 Å². The zero-order valence-corrected chi connectivity index (χ0v) is 16.6. The highest BCUT2D eigenvalue weighted by atomic mass is 15.1. The van der Waals surface area contributed by atoms with Crippen LogP contribution in [0.5, 0.6) is 0 Å². The van der Waals surface area contributed by atoms with E-state index in [-0.39, 0.29) is 0 Å². The normalized spacial score (nSPS) is 11.8. The van der Waals surface area contributed by atoms with Crippen molar-refractivity contribution >= 4 is 0 Å². The van der Waals surface area contributed by atoms with Gasteiger partial charge in [0, 0.05) is 0 Å². The second kappa shape index (κ2) is 19.7. The van der Waals surface area contributed by atoms with E-state index < -0.39 is 0 Å². The number of hydrogen-bond donors (Lipinski definition) is 0. The molecule has 0 bridgehead atoms. The Morgan fingerprint density at radius 3 is 1.43 bits per heavy atom. The molecule has 0 heterocycles. The van der Waals surface area contributed by atoms with Crippen molar-refractivity contribution in [3.8, 4) is 0 Å². The lowest BCUT2D eigenvalue weighted by Crippen LogP contribution is -2.23. The fraction of sp³-hybridized carbons (Fsp3) is 0.909. The average molecular weight is 324 g/mol. The third-order valence-electron chi connectivity index (χ3n) is 4.88. The van der Waals surface area contributed by atoms with E-state index in [4.69, 9.17) is 0 Å². The highest BCUT2D eigenvalue weighted by Crippen LogP contribution is 2.10. The van der Waals surface area contributed by atoms with E-state index in [0.717, 1.165) is 0 Å². The Kier molecular flexibility index (Phi) is 19.5. The van der Waals surface area contributed by atoms with E-state index in [1.807, 2.05) is 0 Å². The maximum atomic E-state index is 2.54. The minimum absolute atomic E-state index is 1.21. The summed E-state index contributed by atoms with van der Waals surface area (Å²) in [6.07, 6.45) is 24.4. The average Bonchev–Trinajstić information content (AvgIpc) is 2.58. The van der Waals surface area contributed by atoms with Crippen molar-refractivity contribution in [1.29, 1.82) is 0 Å². The van der Waals surface area contributed by atoms with Crippen molar-refractivity contribution in [2.45, 2.75) is 111 Å². The lowest BCUT2D eigenvalue weighted by molar-refractivity contribution is 0.295. The maximum Gasteiger partial charge on any atom is -0.00190 e. The summed E-state index contributed by atoms with van der Waals surface area (Å²) in [4.78, 5) is 2.54. The van der Waals surface area contributed by atoms with Gasteiger partial charge in [-0.25, -0.2) is 0 Å². The van der Waals surface area contributed by atoms with Crippen LogP contribution in [-0.2, 0) is 0 Å². The Balaban J connectivity index is 3.13. The van der Waals surface area contributed by atoms with Crippen molar-refractivity contribution in [1.82, 2.24) is 4.90 Å². The van der Waals surface area contributed by atoms with Crippen molar-refractivity contribution in [2.24, 2.45) is 0 Å². The zero-order valence-electron chi connectivity index (χ0n) is 16.6. The first-order chi connectivity index (χ1) is 11.3. The van der Waals surface area contributed by atoms with E-state index in [2.05, 4.69) is 37.8 Å². The summed E-state index contributed by atoms with van der Waals surface area (Å²) >= 11 is 0. The minimum atomic E-state index is 1.21. The van der Waals surface area contributed by atoms with Crippen LogP contribution in [0.4, 0.5) is 0 Å². The quantitative estimate of drug-likeness (QED) is 0.188. The molecule has 1 nitrogen and oxygen atoms in total. The molecule has 0 amide bonds. The Hall–Kier alpha value is -0.300. The highest BCUT2D eigenvalue weighted by Gasteiger charge is 1.97.